The van der Waals surface area contributed by atoms with Gasteiger partial charge in [-0.3, -0.25) is 0 Å². The molecule has 1 aromatic carbocycles. The Morgan fingerprint density at radius 3 is 1.00 bits per heavy atom. The predicted molar refractivity (Wildman–Crippen MR) is 183 cm³/mol. The zero-order chi connectivity index (χ0) is 33.2. The van der Waals surface area contributed by atoms with E-state index in [9.17, 15) is 0 Å². The van der Waals surface area contributed by atoms with E-state index in [1.165, 1.54) is 29.2 Å². The van der Waals surface area contributed by atoms with Gasteiger partial charge in [-0.25, -0.2) is 0 Å². The van der Waals surface area contributed by atoms with Gasteiger partial charge in [0.2, 0.25) is 8.32 Å². The predicted octanol–water partition coefficient (Wildman–Crippen LogP) is 3.37. The molecular weight excluding hydrogens is 757 g/mol. The summed E-state index contributed by atoms with van der Waals surface area (Å²) in [6, 6.07) is 6.88. The standard InChI is InChI=1S/C13H22O2Si2.C8H24O12Si8/c1-14-17(4,5)15-16(2,3)13-9-8-11-6-7-12(11)10-13;1-21-9-22(2)12-25(5)14-23(3,10-21)16-27(7)17-24(4,11-21)15-26(6,13-22)19-28(8,18-25)20-27/h8-10H,6-7H2,1-5H3;1-8H3. The van der Waals surface area contributed by atoms with Crippen LogP contribution in [0, 0.1) is 0 Å². The molecule has 6 aliphatic heterocycles. The van der Waals surface area contributed by atoms with Gasteiger partial charge in [0.1, 0.15) is 0 Å². The summed E-state index contributed by atoms with van der Waals surface area (Å²) in [6.07, 6.45) is 2.48. The second kappa shape index (κ2) is 10.9. The maximum absolute atomic E-state index is 6.39. The molecule has 0 saturated carbocycles. The lowest BCUT2D eigenvalue weighted by Crippen LogP contribution is -2.86. The number of aryl methyl sites for hydroxylation is 2. The van der Waals surface area contributed by atoms with Gasteiger partial charge >= 0.3 is 79.0 Å². The maximum atomic E-state index is 6.39. The second-order valence-electron chi connectivity index (χ2n) is 13.8. The van der Waals surface area contributed by atoms with Crippen molar-refractivity contribution < 1.29 is 57.9 Å². The highest BCUT2D eigenvalue weighted by molar-refractivity contribution is 7.02. The largest absolute Gasteiger partial charge is 0.475 e. The maximum Gasteiger partial charge on any atom is 0.475 e. The average molecular weight is 803 g/mol. The molecule has 7 aliphatic rings. The van der Waals surface area contributed by atoms with Gasteiger partial charge < -0.3 is 57.9 Å². The summed E-state index contributed by atoms with van der Waals surface area (Å²) in [5.74, 6) is 0. The van der Waals surface area contributed by atoms with E-state index < -0.39 is 87.3 Å². The van der Waals surface area contributed by atoms with E-state index >= 15 is 0 Å². The molecule has 0 atom stereocenters. The first-order valence-corrected chi connectivity index (χ1v) is 38.6. The van der Waals surface area contributed by atoms with Gasteiger partial charge in [0, 0.05) is 59.5 Å². The van der Waals surface area contributed by atoms with Gasteiger partial charge in [0.15, 0.2) is 0 Å². The van der Waals surface area contributed by atoms with E-state index in [0.29, 0.717) is 0 Å². The smallest absolute Gasteiger partial charge is 0.432 e. The summed E-state index contributed by atoms with van der Waals surface area (Å²) in [4.78, 5) is 0. The van der Waals surface area contributed by atoms with Crippen molar-refractivity contribution >= 4 is 92.5 Å². The van der Waals surface area contributed by atoms with Crippen LogP contribution >= 0.6 is 0 Å². The Kier molecular flexibility index (Phi) is 8.65. The first-order valence-electron chi connectivity index (χ1n) is 15.1. The van der Waals surface area contributed by atoms with Crippen molar-refractivity contribution in [2.24, 2.45) is 0 Å². The zero-order valence-corrected chi connectivity index (χ0v) is 38.4. The molecule has 0 unspecified atom stereocenters. The molecule has 14 nitrogen and oxygen atoms in total. The number of rotatable bonds is 4. The minimum atomic E-state index is -3.40. The highest BCUT2D eigenvalue weighted by Crippen LogP contribution is 2.47. The van der Waals surface area contributed by atoms with Crippen LogP contribution in [0.3, 0.4) is 0 Å². The minimum absolute atomic E-state index is 1.23. The van der Waals surface area contributed by atoms with Gasteiger partial charge in [0.05, 0.1) is 0 Å². The van der Waals surface area contributed by atoms with Crippen LogP contribution in [0.2, 0.25) is 78.6 Å². The van der Waals surface area contributed by atoms with Crippen molar-refractivity contribution in [2.45, 2.75) is 91.4 Å². The first kappa shape index (κ1) is 35.6. The van der Waals surface area contributed by atoms with Crippen molar-refractivity contribution in [3.05, 3.63) is 29.3 Å². The van der Waals surface area contributed by atoms with Crippen LogP contribution < -0.4 is 5.19 Å². The summed E-state index contributed by atoms with van der Waals surface area (Å²) in [5.41, 5.74) is 3.03. The number of fused-ring (bicyclic) bond motifs is 1. The number of hydrogen-bond donors (Lipinski definition) is 0. The minimum Gasteiger partial charge on any atom is -0.432 e. The van der Waals surface area contributed by atoms with Crippen molar-refractivity contribution in [2.75, 3.05) is 7.11 Å². The van der Waals surface area contributed by atoms with Crippen LogP contribution in [-0.4, -0.2) is 94.4 Å². The van der Waals surface area contributed by atoms with Crippen molar-refractivity contribution in [1.29, 1.82) is 0 Å². The molecule has 0 spiro atoms. The van der Waals surface area contributed by atoms with Gasteiger partial charge in [-0.15, -0.1) is 0 Å². The van der Waals surface area contributed by atoms with E-state index in [2.05, 4.69) is 44.4 Å². The SMILES string of the molecule is CO[Si](C)(C)O[Si](C)(C)c1ccc2c(c1)CC2.C[Si]12O[Si]3(C)O[Si]4(C)O[Si](C)(O1)O[Si]1(C)O[Si](C)(O2)O[Si](C)(O3)O[Si](C)(O4)O1. The summed E-state index contributed by atoms with van der Waals surface area (Å²) in [6.45, 7) is 22.7. The van der Waals surface area contributed by atoms with Gasteiger partial charge in [-0.2, -0.15) is 0 Å². The molecule has 6 fully saturated rings. The van der Waals surface area contributed by atoms with E-state index in [1.54, 1.807) is 59.5 Å². The Morgan fingerprint density at radius 1 is 0.489 bits per heavy atom. The third-order valence-corrected chi connectivity index (χ3v) is 50.3. The van der Waals surface area contributed by atoms with Crippen LogP contribution in [0.25, 0.3) is 0 Å². The second-order valence-corrected chi connectivity index (χ2v) is 45.0. The zero-order valence-electron chi connectivity index (χ0n) is 28.4. The number of benzene rings is 1. The van der Waals surface area contributed by atoms with E-state index in [1.807, 2.05) is 0 Å². The van der Waals surface area contributed by atoms with E-state index in [-0.39, 0.29) is 0 Å². The van der Waals surface area contributed by atoms with Crippen molar-refractivity contribution in [3.8, 4) is 0 Å². The molecule has 8 rings (SSSR count). The Hall–Kier alpha value is 0.829. The fourth-order valence-corrected chi connectivity index (χ4v) is 58.9. The average Bonchev–Trinajstić information content (AvgIpc) is 2.72. The van der Waals surface area contributed by atoms with Crippen LogP contribution in [0.1, 0.15) is 11.1 Å². The molecule has 1 aliphatic carbocycles. The lowest BCUT2D eigenvalue weighted by molar-refractivity contribution is -0.0175. The fraction of sp³-hybridized carbons (Fsp3) is 0.714. The molecule has 0 amide bonds. The van der Waals surface area contributed by atoms with Crippen molar-refractivity contribution in [3.63, 3.8) is 0 Å². The lowest BCUT2D eigenvalue weighted by atomic mass is 9.89. The quantitative estimate of drug-likeness (QED) is 0.413. The fourth-order valence-electron chi connectivity index (χ4n) is 6.83. The van der Waals surface area contributed by atoms with Crippen molar-refractivity contribution in [1.82, 2.24) is 0 Å². The first-order chi connectivity index (χ1) is 20.3. The Morgan fingerprint density at radius 2 is 0.778 bits per heavy atom. The molecule has 24 heteroatoms. The molecule has 254 valence electrons. The highest BCUT2D eigenvalue weighted by atomic mass is 28.6. The summed E-state index contributed by atoms with van der Waals surface area (Å²) < 4.78 is 88.6. The molecule has 0 aromatic heterocycles. The molecule has 8 bridgehead atoms. The lowest BCUT2D eigenvalue weighted by Gasteiger charge is -2.60. The topological polar surface area (TPSA) is 129 Å². The molecule has 0 radical (unpaired) electrons. The summed E-state index contributed by atoms with van der Waals surface area (Å²) >= 11 is 0. The summed E-state index contributed by atoms with van der Waals surface area (Å²) in [7, 11) is -29.2. The molecular formula is C21H46O14Si10. The Balaban J connectivity index is 0.000000180. The highest BCUT2D eigenvalue weighted by Gasteiger charge is 2.78. The van der Waals surface area contributed by atoms with Crippen LogP contribution in [0.4, 0.5) is 0 Å². The number of hydrogen-bond acceptors (Lipinski definition) is 14. The van der Waals surface area contributed by atoms with E-state index in [0.717, 1.165) is 0 Å². The monoisotopic (exact) mass is 802 g/mol. The third-order valence-electron chi connectivity index (χ3n) is 8.01. The summed E-state index contributed by atoms with van der Waals surface area (Å²) in [5, 5.41) is 1.40. The van der Waals surface area contributed by atoms with Crippen LogP contribution in [0.15, 0.2) is 18.2 Å². The Labute approximate surface area is 277 Å². The molecule has 6 heterocycles. The molecule has 1 aromatic rings. The van der Waals surface area contributed by atoms with Gasteiger partial charge in [-0.1, -0.05) is 18.2 Å². The van der Waals surface area contributed by atoms with Gasteiger partial charge in [0.25, 0.3) is 0 Å². The van der Waals surface area contributed by atoms with Gasteiger partial charge in [-0.05, 0) is 55.3 Å². The third kappa shape index (κ3) is 7.34. The van der Waals surface area contributed by atoms with Crippen LogP contribution in [-0.2, 0) is 70.8 Å². The Bertz CT molecular complexity index is 1120. The van der Waals surface area contributed by atoms with Crippen LogP contribution in [0.5, 0.6) is 0 Å². The normalized spacial score (nSPS) is 46.9. The molecule has 45 heavy (non-hydrogen) atoms. The molecule has 0 N–H and O–H groups in total. The molecule has 6 saturated heterocycles. The van der Waals surface area contributed by atoms with E-state index in [4.69, 9.17) is 57.9 Å².